The molecule has 0 saturated carbocycles. The predicted octanol–water partition coefficient (Wildman–Crippen LogP) is 2.20. The third-order valence-electron chi connectivity index (χ3n) is 4.72. The van der Waals surface area contributed by atoms with Crippen LogP contribution in [0.2, 0.25) is 0 Å². The number of guanidine groups is 1. The van der Waals surface area contributed by atoms with E-state index in [1.54, 1.807) is 0 Å². The summed E-state index contributed by atoms with van der Waals surface area (Å²) in [4.78, 5) is 7.26. The molecule has 0 bridgehead atoms. The van der Waals surface area contributed by atoms with Crippen LogP contribution in [0, 0.1) is 5.92 Å². The number of hydrogen-bond acceptors (Lipinski definition) is 4. The molecule has 1 fully saturated rings. The summed E-state index contributed by atoms with van der Waals surface area (Å²) in [5, 5.41) is 11.0. The monoisotopic (exact) mass is 335 g/mol. The van der Waals surface area contributed by atoms with Crippen molar-refractivity contribution < 1.29 is 4.52 Å². The number of hydrogen-bond donors (Lipinski definition) is 2. The molecule has 0 amide bonds. The highest BCUT2D eigenvalue weighted by molar-refractivity contribution is 5.79. The molecule has 1 aliphatic heterocycles. The van der Waals surface area contributed by atoms with E-state index >= 15 is 0 Å². The van der Waals surface area contributed by atoms with Gasteiger partial charge in [0.25, 0.3) is 0 Å². The average molecular weight is 335 g/mol. The van der Waals surface area contributed by atoms with Crippen LogP contribution in [0.25, 0.3) is 0 Å². The minimum Gasteiger partial charge on any atom is -0.361 e. The van der Waals surface area contributed by atoms with Gasteiger partial charge in [0, 0.05) is 31.6 Å². The van der Waals surface area contributed by atoms with Crippen LogP contribution in [-0.2, 0) is 19.4 Å². The van der Waals surface area contributed by atoms with Crippen molar-refractivity contribution in [3.8, 4) is 0 Å². The minimum absolute atomic E-state index is 0.622. The molecule has 1 unspecified atom stereocenters. The Kier molecular flexibility index (Phi) is 7.56. The maximum atomic E-state index is 5.43. The number of nitrogens with zero attached hydrogens (tertiary/aromatic N) is 3. The summed E-state index contributed by atoms with van der Waals surface area (Å²) in [6.07, 6.45) is 3.01. The molecule has 1 atom stereocenters. The molecule has 0 spiro atoms. The zero-order valence-corrected chi connectivity index (χ0v) is 15.7. The number of rotatable bonds is 8. The Balaban J connectivity index is 1.94. The molecule has 1 aromatic rings. The summed E-state index contributed by atoms with van der Waals surface area (Å²) in [5.74, 6) is 2.56. The molecule has 1 saturated heterocycles. The van der Waals surface area contributed by atoms with Gasteiger partial charge in [-0.1, -0.05) is 25.9 Å². The first-order valence-electron chi connectivity index (χ1n) is 9.42. The fourth-order valence-corrected chi connectivity index (χ4v) is 3.22. The molecule has 6 nitrogen and oxygen atoms in total. The number of aliphatic imine (C=N–C) groups is 1. The maximum absolute atomic E-state index is 5.43. The summed E-state index contributed by atoms with van der Waals surface area (Å²) in [7, 11) is 0. The number of aromatic nitrogens is 1. The molecule has 2 rings (SSSR count). The summed E-state index contributed by atoms with van der Waals surface area (Å²) in [6.45, 7) is 14.6. The topological polar surface area (TPSA) is 65.7 Å². The van der Waals surface area contributed by atoms with E-state index in [4.69, 9.17) is 9.52 Å². The Morgan fingerprint density at radius 2 is 2.08 bits per heavy atom. The quantitative estimate of drug-likeness (QED) is 0.563. The Morgan fingerprint density at radius 3 is 2.71 bits per heavy atom. The van der Waals surface area contributed by atoms with E-state index in [-0.39, 0.29) is 0 Å². The standard InChI is InChI=1S/C18H33N5O/c1-5-16-15(17(6-2)24-22-16)12-21-18(19-7-3)20-11-14-9-10-23(8-4)13-14/h14H,5-13H2,1-4H3,(H2,19,20,21). The van der Waals surface area contributed by atoms with Gasteiger partial charge in [-0.2, -0.15) is 0 Å². The van der Waals surface area contributed by atoms with E-state index in [0.29, 0.717) is 12.5 Å². The Bertz CT molecular complexity index is 504. The highest BCUT2D eigenvalue weighted by Gasteiger charge is 2.21. The zero-order valence-electron chi connectivity index (χ0n) is 15.7. The molecule has 136 valence electrons. The van der Waals surface area contributed by atoms with Gasteiger partial charge in [0.1, 0.15) is 5.76 Å². The molecule has 1 aromatic heterocycles. The van der Waals surface area contributed by atoms with Crippen LogP contribution in [0.5, 0.6) is 0 Å². The summed E-state index contributed by atoms with van der Waals surface area (Å²) < 4.78 is 5.43. The van der Waals surface area contributed by atoms with Crippen molar-refractivity contribution in [2.24, 2.45) is 10.9 Å². The molecule has 0 aliphatic carbocycles. The SMILES string of the molecule is CCNC(=NCc1c(CC)noc1CC)NCC1CCN(CC)C1. The minimum atomic E-state index is 0.622. The lowest BCUT2D eigenvalue weighted by atomic mass is 10.1. The first-order valence-corrected chi connectivity index (χ1v) is 9.42. The third kappa shape index (κ3) is 4.97. The van der Waals surface area contributed by atoms with Crippen molar-refractivity contribution in [1.29, 1.82) is 0 Å². The number of nitrogens with one attached hydrogen (secondary N) is 2. The lowest BCUT2D eigenvalue weighted by Crippen LogP contribution is -2.40. The van der Waals surface area contributed by atoms with Crippen molar-refractivity contribution in [3.05, 3.63) is 17.0 Å². The van der Waals surface area contributed by atoms with E-state index in [1.807, 2.05) is 0 Å². The Labute approximate surface area is 146 Å². The Morgan fingerprint density at radius 1 is 1.25 bits per heavy atom. The summed E-state index contributed by atoms with van der Waals surface area (Å²) in [6, 6.07) is 0. The summed E-state index contributed by atoms with van der Waals surface area (Å²) >= 11 is 0. The van der Waals surface area contributed by atoms with Crippen LogP contribution in [-0.4, -0.2) is 48.7 Å². The predicted molar refractivity (Wildman–Crippen MR) is 98.3 cm³/mol. The molecule has 1 aliphatic rings. The van der Waals surface area contributed by atoms with E-state index in [0.717, 1.165) is 55.5 Å². The third-order valence-corrected chi connectivity index (χ3v) is 4.72. The zero-order chi connectivity index (χ0) is 17.4. The number of aryl methyl sites for hydroxylation is 2. The van der Waals surface area contributed by atoms with E-state index in [2.05, 4.69) is 48.4 Å². The number of likely N-dealkylation sites (tertiary alicyclic amines) is 1. The van der Waals surface area contributed by atoms with Crippen LogP contribution in [0.3, 0.4) is 0 Å². The maximum Gasteiger partial charge on any atom is 0.191 e. The van der Waals surface area contributed by atoms with Gasteiger partial charge in [-0.05, 0) is 38.8 Å². The molecule has 24 heavy (non-hydrogen) atoms. The second-order valence-corrected chi connectivity index (χ2v) is 6.36. The van der Waals surface area contributed by atoms with Crippen molar-refractivity contribution in [3.63, 3.8) is 0 Å². The van der Waals surface area contributed by atoms with Crippen molar-refractivity contribution in [1.82, 2.24) is 20.7 Å². The normalized spacial score (nSPS) is 19.0. The van der Waals surface area contributed by atoms with Gasteiger partial charge < -0.3 is 20.1 Å². The largest absolute Gasteiger partial charge is 0.361 e. The average Bonchev–Trinajstić information content (AvgIpc) is 3.23. The van der Waals surface area contributed by atoms with Gasteiger partial charge in [0.15, 0.2) is 5.96 Å². The van der Waals surface area contributed by atoms with Gasteiger partial charge in [-0.3, -0.25) is 0 Å². The highest BCUT2D eigenvalue weighted by Crippen LogP contribution is 2.17. The van der Waals surface area contributed by atoms with Gasteiger partial charge in [0.2, 0.25) is 0 Å². The lowest BCUT2D eigenvalue weighted by molar-refractivity contribution is 0.342. The van der Waals surface area contributed by atoms with Gasteiger partial charge >= 0.3 is 0 Å². The van der Waals surface area contributed by atoms with Crippen molar-refractivity contribution in [2.45, 2.75) is 53.5 Å². The lowest BCUT2D eigenvalue weighted by Gasteiger charge is -2.16. The smallest absolute Gasteiger partial charge is 0.191 e. The second-order valence-electron chi connectivity index (χ2n) is 6.36. The molecule has 6 heteroatoms. The Hall–Kier alpha value is -1.56. The van der Waals surface area contributed by atoms with Crippen LogP contribution in [0.1, 0.15) is 51.1 Å². The molecule has 2 N–H and O–H groups in total. The van der Waals surface area contributed by atoms with Gasteiger partial charge in [-0.25, -0.2) is 4.99 Å². The van der Waals surface area contributed by atoms with Gasteiger partial charge in [-0.15, -0.1) is 0 Å². The van der Waals surface area contributed by atoms with Crippen LogP contribution >= 0.6 is 0 Å². The van der Waals surface area contributed by atoms with Crippen LogP contribution in [0.15, 0.2) is 9.52 Å². The van der Waals surface area contributed by atoms with Crippen LogP contribution < -0.4 is 10.6 Å². The molecule has 0 radical (unpaired) electrons. The van der Waals surface area contributed by atoms with Crippen LogP contribution in [0.4, 0.5) is 0 Å². The van der Waals surface area contributed by atoms with E-state index in [9.17, 15) is 0 Å². The summed E-state index contributed by atoms with van der Waals surface area (Å²) in [5.41, 5.74) is 2.18. The van der Waals surface area contributed by atoms with Gasteiger partial charge in [0.05, 0.1) is 12.2 Å². The van der Waals surface area contributed by atoms with E-state index < -0.39 is 0 Å². The first-order chi connectivity index (χ1) is 11.7. The molecular weight excluding hydrogens is 302 g/mol. The van der Waals surface area contributed by atoms with E-state index in [1.165, 1.54) is 19.5 Å². The van der Waals surface area contributed by atoms with Crippen molar-refractivity contribution >= 4 is 5.96 Å². The fourth-order valence-electron chi connectivity index (χ4n) is 3.22. The first kappa shape index (κ1) is 18.8. The molecule has 0 aromatic carbocycles. The van der Waals surface area contributed by atoms with Crippen molar-refractivity contribution in [2.75, 3.05) is 32.7 Å². The second kappa shape index (κ2) is 9.67. The fraction of sp³-hybridized carbons (Fsp3) is 0.778. The molecular formula is C18H33N5O. The highest BCUT2D eigenvalue weighted by atomic mass is 16.5. The molecule has 2 heterocycles.